The van der Waals surface area contributed by atoms with Crippen LogP contribution in [0.4, 0.5) is 14.5 Å². The molecule has 2 amide bonds. The van der Waals surface area contributed by atoms with Crippen LogP contribution < -0.4 is 5.32 Å². The maximum Gasteiger partial charge on any atom is 0.256 e. The highest BCUT2D eigenvalue weighted by molar-refractivity contribution is 7.91. The molecule has 0 aliphatic carbocycles. The maximum atomic E-state index is 13.9. The van der Waals surface area contributed by atoms with Gasteiger partial charge in [0.1, 0.15) is 11.6 Å². The summed E-state index contributed by atoms with van der Waals surface area (Å²) in [5.41, 5.74) is 0.190. The van der Waals surface area contributed by atoms with E-state index < -0.39 is 27.4 Å². The number of hydrogen-bond acceptors (Lipinski definition) is 4. The number of anilines is 1. The first-order valence-electron chi connectivity index (χ1n) is 9.59. The van der Waals surface area contributed by atoms with E-state index in [1.807, 2.05) is 0 Å². The molecule has 1 saturated heterocycles. The molecule has 30 heavy (non-hydrogen) atoms. The fourth-order valence-electron chi connectivity index (χ4n) is 3.36. The smallest absolute Gasteiger partial charge is 0.256 e. The van der Waals surface area contributed by atoms with E-state index in [2.05, 4.69) is 5.32 Å². The topological polar surface area (TPSA) is 83.6 Å². The van der Waals surface area contributed by atoms with Crippen molar-refractivity contribution in [2.75, 3.05) is 24.2 Å². The number of likely N-dealkylation sites (tertiary alicyclic amines) is 1. The third-order valence-electron chi connectivity index (χ3n) is 5.16. The van der Waals surface area contributed by atoms with Gasteiger partial charge in [0.25, 0.3) is 5.91 Å². The van der Waals surface area contributed by atoms with Gasteiger partial charge in [-0.05, 0) is 43.2 Å². The van der Waals surface area contributed by atoms with Gasteiger partial charge in [-0.15, -0.1) is 0 Å². The van der Waals surface area contributed by atoms with Gasteiger partial charge >= 0.3 is 0 Å². The normalized spacial score (nSPS) is 15.1. The van der Waals surface area contributed by atoms with E-state index in [4.69, 9.17) is 0 Å². The predicted octanol–water partition coefficient (Wildman–Crippen LogP) is 3.25. The van der Waals surface area contributed by atoms with E-state index in [1.165, 1.54) is 17.0 Å². The highest BCUT2D eigenvalue weighted by Crippen LogP contribution is 2.23. The van der Waals surface area contributed by atoms with Gasteiger partial charge in [0.05, 0.1) is 16.2 Å². The van der Waals surface area contributed by atoms with Crippen LogP contribution in [0.15, 0.2) is 47.4 Å². The lowest BCUT2D eigenvalue weighted by Gasteiger charge is -2.31. The van der Waals surface area contributed by atoms with Crippen LogP contribution in [0.3, 0.4) is 0 Å². The first-order valence-corrected chi connectivity index (χ1v) is 11.2. The number of carbonyl (C=O) groups excluding carboxylic acids is 2. The number of piperidine rings is 1. The van der Waals surface area contributed by atoms with Crippen molar-refractivity contribution in [1.29, 1.82) is 0 Å². The summed E-state index contributed by atoms with van der Waals surface area (Å²) in [4.78, 5) is 26.6. The van der Waals surface area contributed by atoms with Gasteiger partial charge in [-0.1, -0.05) is 13.0 Å². The highest BCUT2D eigenvalue weighted by atomic mass is 32.2. The number of carbonyl (C=O) groups is 2. The zero-order valence-corrected chi connectivity index (χ0v) is 17.2. The Labute approximate surface area is 173 Å². The summed E-state index contributed by atoms with van der Waals surface area (Å²) in [6, 6.07) is 8.89. The number of nitrogens with one attached hydrogen (secondary N) is 1. The molecule has 160 valence electrons. The van der Waals surface area contributed by atoms with E-state index in [1.54, 1.807) is 19.1 Å². The summed E-state index contributed by atoms with van der Waals surface area (Å²) in [5.74, 6) is -2.87. The molecule has 1 N–H and O–H groups in total. The molecule has 0 spiro atoms. The van der Waals surface area contributed by atoms with Crippen LogP contribution >= 0.6 is 0 Å². The summed E-state index contributed by atoms with van der Waals surface area (Å²) in [6.45, 7) is 2.07. The monoisotopic (exact) mass is 436 g/mol. The lowest BCUT2D eigenvalue weighted by atomic mass is 9.95. The second-order valence-corrected chi connectivity index (χ2v) is 9.39. The standard InChI is InChI=1S/C21H22F2N2O4S/c1-2-30(28,29)17-5-3-4-16(13-17)24-20(26)14-8-10-25(11-9-14)21(27)18-7-6-15(22)12-19(18)23/h3-7,12-14H,2,8-11H2,1H3,(H,24,26). The molecule has 2 aromatic rings. The zero-order chi connectivity index (χ0) is 21.9. The summed E-state index contributed by atoms with van der Waals surface area (Å²) in [7, 11) is -3.38. The minimum Gasteiger partial charge on any atom is -0.339 e. The summed E-state index contributed by atoms with van der Waals surface area (Å²) < 4.78 is 50.9. The van der Waals surface area contributed by atoms with Crippen LogP contribution in [0.25, 0.3) is 0 Å². The SMILES string of the molecule is CCS(=O)(=O)c1cccc(NC(=O)C2CCN(C(=O)c3ccc(F)cc3F)CC2)c1. The number of nitrogens with zero attached hydrogens (tertiary/aromatic N) is 1. The molecule has 1 fully saturated rings. The van der Waals surface area contributed by atoms with Crippen molar-refractivity contribution in [3.63, 3.8) is 0 Å². The van der Waals surface area contributed by atoms with E-state index in [0.29, 0.717) is 24.6 Å². The first kappa shape index (κ1) is 21.9. The van der Waals surface area contributed by atoms with Gasteiger partial charge in [-0.3, -0.25) is 9.59 Å². The van der Waals surface area contributed by atoms with E-state index in [9.17, 15) is 26.8 Å². The average Bonchev–Trinajstić information content (AvgIpc) is 2.73. The first-order chi connectivity index (χ1) is 14.2. The third-order valence-corrected chi connectivity index (χ3v) is 6.89. The molecule has 1 aliphatic heterocycles. The number of amides is 2. The molecule has 0 bridgehead atoms. The fraction of sp³-hybridized carbons (Fsp3) is 0.333. The van der Waals surface area contributed by atoms with Crippen molar-refractivity contribution < 1.29 is 26.8 Å². The highest BCUT2D eigenvalue weighted by Gasteiger charge is 2.29. The molecular weight excluding hydrogens is 414 g/mol. The van der Waals surface area contributed by atoms with Crippen LogP contribution in [0, 0.1) is 17.6 Å². The number of benzene rings is 2. The Hall–Kier alpha value is -2.81. The lowest BCUT2D eigenvalue weighted by Crippen LogP contribution is -2.41. The molecule has 1 aliphatic rings. The molecule has 0 unspecified atom stereocenters. The summed E-state index contributed by atoms with van der Waals surface area (Å²) in [5, 5.41) is 2.73. The van der Waals surface area contributed by atoms with Crippen LogP contribution in [-0.4, -0.2) is 44.0 Å². The number of rotatable bonds is 5. The van der Waals surface area contributed by atoms with Crippen molar-refractivity contribution in [3.8, 4) is 0 Å². The van der Waals surface area contributed by atoms with Crippen molar-refractivity contribution in [3.05, 3.63) is 59.7 Å². The van der Waals surface area contributed by atoms with Crippen molar-refractivity contribution in [2.45, 2.75) is 24.7 Å². The Balaban J connectivity index is 1.61. The Morgan fingerprint density at radius 2 is 1.80 bits per heavy atom. The molecule has 1 heterocycles. The Morgan fingerprint density at radius 1 is 1.10 bits per heavy atom. The van der Waals surface area contributed by atoms with E-state index in [-0.39, 0.29) is 41.1 Å². The molecule has 0 atom stereocenters. The minimum absolute atomic E-state index is 0.0362. The Bertz CT molecular complexity index is 1060. The largest absolute Gasteiger partial charge is 0.339 e. The lowest BCUT2D eigenvalue weighted by molar-refractivity contribution is -0.121. The van der Waals surface area contributed by atoms with E-state index in [0.717, 1.165) is 12.1 Å². The van der Waals surface area contributed by atoms with Gasteiger partial charge < -0.3 is 10.2 Å². The summed E-state index contributed by atoms with van der Waals surface area (Å²) >= 11 is 0. The fourth-order valence-corrected chi connectivity index (χ4v) is 4.28. The Kier molecular flexibility index (Phi) is 6.50. The average molecular weight is 436 g/mol. The second kappa shape index (κ2) is 8.91. The number of hydrogen-bond donors (Lipinski definition) is 1. The minimum atomic E-state index is -3.38. The quantitative estimate of drug-likeness (QED) is 0.780. The molecule has 0 aromatic heterocycles. The van der Waals surface area contributed by atoms with Gasteiger partial charge in [0.2, 0.25) is 5.91 Å². The molecule has 6 nitrogen and oxygen atoms in total. The van der Waals surface area contributed by atoms with Gasteiger partial charge in [0, 0.05) is 30.8 Å². The number of sulfone groups is 1. The van der Waals surface area contributed by atoms with Crippen LogP contribution in [0.5, 0.6) is 0 Å². The molecule has 3 rings (SSSR count). The van der Waals surface area contributed by atoms with Crippen LogP contribution in [-0.2, 0) is 14.6 Å². The van der Waals surface area contributed by atoms with Crippen molar-refractivity contribution in [2.24, 2.45) is 5.92 Å². The summed E-state index contributed by atoms with van der Waals surface area (Å²) in [6.07, 6.45) is 0.765. The number of halogens is 2. The maximum absolute atomic E-state index is 13.9. The Morgan fingerprint density at radius 3 is 2.43 bits per heavy atom. The molecule has 2 aromatic carbocycles. The van der Waals surface area contributed by atoms with Gasteiger partial charge in [-0.25, -0.2) is 17.2 Å². The van der Waals surface area contributed by atoms with Gasteiger partial charge in [-0.2, -0.15) is 0 Å². The predicted molar refractivity (Wildman–Crippen MR) is 108 cm³/mol. The molecular formula is C21H22F2N2O4S. The van der Waals surface area contributed by atoms with Crippen molar-refractivity contribution in [1.82, 2.24) is 4.90 Å². The van der Waals surface area contributed by atoms with Crippen LogP contribution in [0.1, 0.15) is 30.1 Å². The zero-order valence-electron chi connectivity index (χ0n) is 16.4. The van der Waals surface area contributed by atoms with Crippen LogP contribution in [0.2, 0.25) is 0 Å². The third kappa shape index (κ3) is 4.84. The van der Waals surface area contributed by atoms with Gasteiger partial charge in [0.15, 0.2) is 9.84 Å². The van der Waals surface area contributed by atoms with E-state index >= 15 is 0 Å². The second-order valence-electron chi connectivity index (χ2n) is 7.11. The molecule has 9 heteroatoms. The molecule has 0 radical (unpaired) electrons. The molecule has 0 saturated carbocycles. The van der Waals surface area contributed by atoms with Crippen molar-refractivity contribution >= 4 is 27.3 Å².